The smallest absolute Gasteiger partial charge is 0.243 e. The Labute approximate surface area is 146 Å². The molecule has 132 valence electrons. The second-order valence-corrected chi connectivity index (χ2v) is 7.82. The zero-order chi connectivity index (χ0) is 17.3. The van der Waals surface area contributed by atoms with Gasteiger partial charge in [0.05, 0.1) is 17.6 Å². The highest BCUT2D eigenvalue weighted by Gasteiger charge is 2.34. The molecular formula is C17H18N2O5S. The molecule has 0 bridgehead atoms. The van der Waals surface area contributed by atoms with E-state index >= 15 is 0 Å². The van der Waals surface area contributed by atoms with E-state index in [1.165, 1.54) is 10.4 Å². The molecule has 1 aromatic carbocycles. The maximum atomic E-state index is 12.9. The van der Waals surface area contributed by atoms with Gasteiger partial charge in [0.25, 0.3) is 0 Å². The molecule has 7 nitrogen and oxygen atoms in total. The summed E-state index contributed by atoms with van der Waals surface area (Å²) in [6.45, 7) is 1.62. The Kier molecular flexibility index (Phi) is 4.22. The summed E-state index contributed by atoms with van der Waals surface area (Å²) < 4.78 is 43.9. The third-order valence-electron chi connectivity index (χ3n) is 4.20. The quantitative estimate of drug-likeness (QED) is 0.824. The first-order valence-corrected chi connectivity index (χ1v) is 9.53. The van der Waals surface area contributed by atoms with Crippen molar-refractivity contribution in [2.24, 2.45) is 0 Å². The molecule has 1 fully saturated rings. The number of pyridine rings is 1. The zero-order valence-electron chi connectivity index (χ0n) is 13.5. The molecule has 1 atom stereocenters. The summed E-state index contributed by atoms with van der Waals surface area (Å²) >= 11 is 0. The van der Waals surface area contributed by atoms with Crippen LogP contribution in [0.3, 0.4) is 0 Å². The third-order valence-corrected chi connectivity index (χ3v) is 6.06. The average Bonchev–Trinajstić information content (AvgIpc) is 3.11. The predicted molar refractivity (Wildman–Crippen MR) is 89.5 cm³/mol. The van der Waals surface area contributed by atoms with Gasteiger partial charge in [-0.15, -0.1) is 0 Å². The van der Waals surface area contributed by atoms with Crippen LogP contribution in [0, 0.1) is 0 Å². The fraction of sp³-hybridized carbons (Fsp3) is 0.353. The normalized spacial score (nSPS) is 20.4. The molecule has 1 saturated heterocycles. The highest BCUT2D eigenvalue weighted by atomic mass is 32.2. The van der Waals surface area contributed by atoms with Crippen LogP contribution in [0.25, 0.3) is 0 Å². The lowest BCUT2D eigenvalue weighted by Crippen LogP contribution is -2.31. The van der Waals surface area contributed by atoms with E-state index in [2.05, 4.69) is 4.98 Å². The van der Waals surface area contributed by atoms with Gasteiger partial charge in [-0.2, -0.15) is 4.31 Å². The van der Waals surface area contributed by atoms with Gasteiger partial charge >= 0.3 is 0 Å². The van der Waals surface area contributed by atoms with E-state index in [0.717, 1.165) is 0 Å². The molecule has 0 spiro atoms. The Morgan fingerprint density at radius 1 is 1.16 bits per heavy atom. The molecule has 0 amide bonds. The molecule has 0 aliphatic carbocycles. The maximum absolute atomic E-state index is 12.9. The lowest BCUT2D eigenvalue weighted by Gasteiger charge is -2.21. The van der Waals surface area contributed by atoms with Gasteiger partial charge in [-0.25, -0.2) is 8.42 Å². The van der Waals surface area contributed by atoms with E-state index in [0.29, 0.717) is 50.0 Å². The molecular weight excluding hydrogens is 344 g/mol. The summed E-state index contributed by atoms with van der Waals surface area (Å²) in [5.74, 6) is 1.69. The molecule has 8 heteroatoms. The minimum atomic E-state index is -3.60. The summed E-state index contributed by atoms with van der Waals surface area (Å²) in [6.07, 6.45) is 3.74. The van der Waals surface area contributed by atoms with E-state index in [-0.39, 0.29) is 11.0 Å². The van der Waals surface area contributed by atoms with Gasteiger partial charge in [0.15, 0.2) is 11.5 Å². The first kappa shape index (κ1) is 16.2. The van der Waals surface area contributed by atoms with Crippen LogP contribution in [0.2, 0.25) is 0 Å². The molecule has 1 aromatic heterocycles. The largest absolute Gasteiger partial charge is 0.487 e. The zero-order valence-corrected chi connectivity index (χ0v) is 14.3. The van der Waals surface area contributed by atoms with Gasteiger partial charge < -0.3 is 14.2 Å². The second-order valence-electron chi connectivity index (χ2n) is 5.89. The van der Waals surface area contributed by atoms with Crippen molar-refractivity contribution in [3.63, 3.8) is 0 Å². The van der Waals surface area contributed by atoms with Crippen molar-refractivity contribution in [3.8, 4) is 17.2 Å². The number of nitrogens with zero attached hydrogens (tertiary/aromatic N) is 2. The first-order chi connectivity index (χ1) is 12.1. The van der Waals surface area contributed by atoms with Gasteiger partial charge in [0.2, 0.25) is 10.0 Å². The highest BCUT2D eigenvalue weighted by Crippen LogP contribution is 2.34. The SMILES string of the molecule is O=S(=O)(c1ccc2c(c1)OCCO2)N1CC[C@H](Oc2cccnc2)C1. The summed E-state index contributed by atoms with van der Waals surface area (Å²) in [7, 11) is -3.60. The maximum Gasteiger partial charge on any atom is 0.243 e. The van der Waals surface area contributed by atoms with Crippen LogP contribution in [0.15, 0.2) is 47.6 Å². The molecule has 0 saturated carbocycles. The van der Waals surface area contributed by atoms with E-state index in [1.54, 1.807) is 30.6 Å². The number of sulfonamides is 1. The predicted octanol–water partition coefficient (Wildman–Crippen LogP) is 1.69. The summed E-state index contributed by atoms with van der Waals surface area (Å²) in [5, 5.41) is 0. The molecule has 0 unspecified atom stereocenters. The van der Waals surface area contributed by atoms with Gasteiger partial charge in [-0.05, 0) is 30.7 Å². The second kappa shape index (κ2) is 6.53. The van der Waals surface area contributed by atoms with Gasteiger partial charge in [-0.3, -0.25) is 4.98 Å². The molecule has 0 N–H and O–H groups in total. The number of aromatic nitrogens is 1. The number of ether oxygens (including phenoxy) is 3. The van der Waals surface area contributed by atoms with Crippen LogP contribution in [-0.4, -0.2) is 50.1 Å². The molecule has 3 heterocycles. The van der Waals surface area contributed by atoms with Crippen LogP contribution in [0.5, 0.6) is 17.2 Å². The molecule has 2 aromatic rings. The Morgan fingerprint density at radius 3 is 2.80 bits per heavy atom. The fourth-order valence-corrected chi connectivity index (χ4v) is 4.46. The van der Waals surface area contributed by atoms with Crippen molar-refractivity contribution < 1.29 is 22.6 Å². The minimum absolute atomic E-state index is 0.184. The Bertz CT molecular complexity index is 857. The third kappa shape index (κ3) is 3.27. The topological polar surface area (TPSA) is 78.0 Å². The van der Waals surface area contributed by atoms with E-state index in [4.69, 9.17) is 14.2 Å². The van der Waals surface area contributed by atoms with Crippen molar-refractivity contribution in [2.45, 2.75) is 17.4 Å². The fourth-order valence-electron chi connectivity index (χ4n) is 2.95. The van der Waals surface area contributed by atoms with Crippen LogP contribution in [0.1, 0.15) is 6.42 Å². The van der Waals surface area contributed by atoms with Crippen molar-refractivity contribution in [2.75, 3.05) is 26.3 Å². The van der Waals surface area contributed by atoms with Gasteiger partial charge in [0.1, 0.15) is 25.1 Å². The van der Waals surface area contributed by atoms with Crippen molar-refractivity contribution in [1.29, 1.82) is 0 Å². The van der Waals surface area contributed by atoms with Crippen molar-refractivity contribution >= 4 is 10.0 Å². The summed E-state index contributed by atoms with van der Waals surface area (Å²) in [5.41, 5.74) is 0. The molecule has 4 rings (SSSR count). The number of fused-ring (bicyclic) bond motifs is 1. The van der Waals surface area contributed by atoms with Crippen molar-refractivity contribution in [1.82, 2.24) is 9.29 Å². The van der Waals surface area contributed by atoms with E-state index in [9.17, 15) is 8.42 Å². The van der Waals surface area contributed by atoms with Crippen molar-refractivity contribution in [3.05, 3.63) is 42.7 Å². The standard InChI is InChI=1S/C17H18N2O5S/c20-25(21,15-3-4-16-17(10-15)23-9-8-22-16)19-7-5-14(12-19)24-13-2-1-6-18-11-13/h1-4,6,10-11,14H,5,7-9,12H2/t14-/m0/s1. The van der Waals surface area contributed by atoms with Crippen LogP contribution >= 0.6 is 0 Å². The number of rotatable bonds is 4. The van der Waals surface area contributed by atoms with Gasteiger partial charge in [-0.1, -0.05) is 0 Å². The lowest BCUT2D eigenvalue weighted by atomic mass is 10.3. The number of benzene rings is 1. The molecule has 25 heavy (non-hydrogen) atoms. The first-order valence-electron chi connectivity index (χ1n) is 8.09. The van der Waals surface area contributed by atoms with Crippen LogP contribution < -0.4 is 14.2 Å². The lowest BCUT2D eigenvalue weighted by molar-refractivity contribution is 0.171. The molecule has 0 radical (unpaired) electrons. The number of hydrogen-bond acceptors (Lipinski definition) is 6. The highest BCUT2D eigenvalue weighted by molar-refractivity contribution is 7.89. The monoisotopic (exact) mass is 362 g/mol. The van der Waals surface area contributed by atoms with Gasteiger partial charge in [0, 0.05) is 18.8 Å². The number of hydrogen-bond donors (Lipinski definition) is 0. The summed E-state index contributed by atoms with van der Waals surface area (Å²) in [4.78, 5) is 4.21. The average molecular weight is 362 g/mol. The van der Waals surface area contributed by atoms with E-state index < -0.39 is 10.0 Å². The van der Waals surface area contributed by atoms with Crippen LogP contribution in [-0.2, 0) is 10.0 Å². The Hall–Kier alpha value is -2.32. The summed E-state index contributed by atoms with van der Waals surface area (Å²) in [6, 6.07) is 8.32. The van der Waals surface area contributed by atoms with E-state index in [1.807, 2.05) is 6.07 Å². The molecule has 2 aliphatic heterocycles. The van der Waals surface area contributed by atoms with Crippen LogP contribution in [0.4, 0.5) is 0 Å². The Balaban J connectivity index is 1.49. The minimum Gasteiger partial charge on any atom is -0.487 e. The molecule has 2 aliphatic rings. The Morgan fingerprint density at radius 2 is 2.00 bits per heavy atom.